The lowest BCUT2D eigenvalue weighted by Crippen LogP contribution is -2.38. The van der Waals surface area contributed by atoms with Crippen molar-refractivity contribution in [2.45, 2.75) is 39.2 Å². The lowest BCUT2D eigenvalue weighted by molar-refractivity contribution is -0.129. The minimum atomic E-state index is -0.610. The third-order valence-corrected chi connectivity index (χ3v) is 3.48. The smallest absolute Gasteiger partial charge is 0.416 e. The van der Waals surface area contributed by atoms with E-state index in [1.807, 2.05) is 30.3 Å². The second-order valence-corrected chi connectivity index (χ2v) is 6.61. The summed E-state index contributed by atoms with van der Waals surface area (Å²) in [6, 6.07) is 14.2. The maximum Gasteiger partial charge on any atom is 0.416 e. The van der Waals surface area contributed by atoms with Gasteiger partial charge in [-0.15, -0.1) is 0 Å². The molecule has 0 aliphatic rings. The molecule has 2 amide bonds. The maximum atomic E-state index is 12.1. The van der Waals surface area contributed by atoms with Gasteiger partial charge in [-0.2, -0.15) is 0 Å². The summed E-state index contributed by atoms with van der Waals surface area (Å²) in [5.74, 6) is -0.243. The Bertz CT molecular complexity index is 716. The van der Waals surface area contributed by atoms with Crippen molar-refractivity contribution in [3.05, 3.63) is 48.0 Å². The van der Waals surface area contributed by atoms with Gasteiger partial charge in [-0.3, -0.25) is 9.69 Å². The van der Waals surface area contributed by atoms with Gasteiger partial charge in [0.05, 0.1) is 0 Å². The van der Waals surface area contributed by atoms with Crippen LogP contribution in [0.3, 0.4) is 0 Å². The van der Waals surface area contributed by atoms with Crippen molar-refractivity contribution in [2.24, 2.45) is 0 Å². The number of carbonyl (C=O) groups excluding carboxylic acids is 2. The molecule has 0 radical (unpaired) electrons. The molecule has 4 heteroatoms. The van der Waals surface area contributed by atoms with Crippen LogP contribution in [-0.2, 0) is 16.0 Å². The standard InChI is InChI=1S/C19H23NO3/c1-19(2,3)23-18(22)20(4)17(21)12-10-14-9-11-15-7-5-6-8-16(15)13-14/h5-9,11,13H,10,12H2,1-4H3. The van der Waals surface area contributed by atoms with Gasteiger partial charge in [-0.1, -0.05) is 42.5 Å². The van der Waals surface area contributed by atoms with Crippen molar-refractivity contribution in [1.29, 1.82) is 0 Å². The highest BCUT2D eigenvalue weighted by molar-refractivity contribution is 5.91. The van der Waals surface area contributed by atoms with Crippen LogP contribution in [-0.4, -0.2) is 29.5 Å². The zero-order valence-corrected chi connectivity index (χ0v) is 14.1. The molecule has 0 aliphatic heterocycles. The Hall–Kier alpha value is -2.36. The van der Waals surface area contributed by atoms with Gasteiger partial charge in [0.15, 0.2) is 0 Å². The Kier molecular flexibility index (Phi) is 5.04. The minimum Gasteiger partial charge on any atom is -0.443 e. The molecule has 2 rings (SSSR count). The molecule has 0 unspecified atom stereocenters. The molecule has 0 saturated heterocycles. The highest BCUT2D eigenvalue weighted by atomic mass is 16.6. The van der Waals surface area contributed by atoms with Crippen LogP contribution in [0.25, 0.3) is 10.8 Å². The van der Waals surface area contributed by atoms with Crippen molar-refractivity contribution in [2.75, 3.05) is 7.05 Å². The number of fused-ring (bicyclic) bond motifs is 1. The fourth-order valence-corrected chi connectivity index (χ4v) is 2.25. The van der Waals surface area contributed by atoms with E-state index in [2.05, 4.69) is 12.1 Å². The molecule has 0 spiro atoms. The van der Waals surface area contributed by atoms with Gasteiger partial charge in [0.1, 0.15) is 5.60 Å². The predicted octanol–water partition coefficient (Wildman–Crippen LogP) is 4.17. The Labute approximate surface area is 137 Å². The topological polar surface area (TPSA) is 46.6 Å². The molecule has 0 atom stereocenters. The summed E-state index contributed by atoms with van der Waals surface area (Å²) in [4.78, 5) is 25.0. The molecule has 2 aromatic carbocycles. The van der Waals surface area contributed by atoms with Crippen LogP contribution in [0.5, 0.6) is 0 Å². The van der Waals surface area contributed by atoms with Crippen LogP contribution in [0, 0.1) is 0 Å². The first kappa shape index (κ1) is 17.0. The Balaban J connectivity index is 1.96. The molecular formula is C19H23NO3. The molecule has 0 aliphatic carbocycles. The fourth-order valence-electron chi connectivity index (χ4n) is 2.25. The number of amides is 2. The number of aryl methyl sites for hydroxylation is 1. The van der Waals surface area contributed by atoms with Crippen LogP contribution in [0.15, 0.2) is 42.5 Å². The largest absolute Gasteiger partial charge is 0.443 e. The molecule has 0 fully saturated rings. The molecule has 0 bridgehead atoms. The number of carbonyl (C=O) groups is 2. The van der Waals surface area contributed by atoms with E-state index in [-0.39, 0.29) is 12.3 Å². The first-order chi connectivity index (χ1) is 10.8. The number of imide groups is 1. The van der Waals surface area contributed by atoms with Crippen molar-refractivity contribution in [3.8, 4) is 0 Å². The molecule has 2 aromatic rings. The van der Waals surface area contributed by atoms with E-state index in [1.165, 1.54) is 12.4 Å². The summed E-state index contributed by atoms with van der Waals surface area (Å²) in [5.41, 5.74) is 0.471. The van der Waals surface area contributed by atoms with E-state index in [1.54, 1.807) is 20.8 Å². The van der Waals surface area contributed by atoms with Crippen LogP contribution in [0.4, 0.5) is 4.79 Å². The SMILES string of the molecule is CN(C(=O)CCc1ccc2ccccc2c1)C(=O)OC(C)(C)C. The van der Waals surface area contributed by atoms with E-state index in [9.17, 15) is 9.59 Å². The van der Waals surface area contributed by atoms with E-state index in [0.717, 1.165) is 15.8 Å². The highest BCUT2D eigenvalue weighted by Crippen LogP contribution is 2.17. The minimum absolute atomic E-state index is 0.243. The summed E-state index contributed by atoms with van der Waals surface area (Å²) in [5, 5.41) is 2.33. The Morgan fingerprint density at radius 1 is 1.04 bits per heavy atom. The summed E-state index contributed by atoms with van der Waals surface area (Å²) >= 11 is 0. The van der Waals surface area contributed by atoms with Crippen LogP contribution < -0.4 is 0 Å². The average molecular weight is 313 g/mol. The molecule has 122 valence electrons. The summed E-state index contributed by atoms with van der Waals surface area (Å²) in [6.45, 7) is 5.33. The van der Waals surface area contributed by atoms with Gasteiger partial charge in [0, 0.05) is 13.5 Å². The molecular weight excluding hydrogens is 290 g/mol. The molecule has 0 heterocycles. The van der Waals surface area contributed by atoms with Crippen molar-refractivity contribution < 1.29 is 14.3 Å². The normalized spacial score (nSPS) is 11.3. The number of ether oxygens (including phenoxy) is 1. The van der Waals surface area contributed by atoms with E-state index in [0.29, 0.717) is 6.42 Å². The van der Waals surface area contributed by atoms with E-state index < -0.39 is 11.7 Å². The Morgan fingerprint density at radius 3 is 2.35 bits per heavy atom. The monoisotopic (exact) mass is 313 g/mol. The van der Waals surface area contributed by atoms with Crippen molar-refractivity contribution in [1.82, 2.24) is 4.90 Å². The second kappa shape index (κ2) is 6.82. The van der Waals surface area contributed by atoms with Crippen molar-refractivity contribution >= 4 is 22.8 Å². The fraction of sp³-hybridized carbons (Fsp3) is 0.368. The van der Waals surface area contributed by atoms with Crippen LogP contribution in [0.2, 0.25) is 0 Å². The van der Waals surface area contributed by atoms with Crippen LogP contribution >= 0.6 is 0 Å². The van der Waals surface area contributed by atoms with Gasteiger partial charge < -0.3 is 4.74 Å². The molecule has 0 N–H and O–H groups in total. The third kappa shape index (κ3) is 4.81. The van der Waals surface area contributed by atoms with Gasteiger partial charge in [-0.25, -0.2) is 4.79 Å². The maximum absolute atomic E-state index is 12.1. The van der Waals surface area contributed by atoms with Gasteiger partial charge in [0.25, 0.3) is 0 Å². The lowest BCUT2D eigenvalue weighted by atomic mass is 10.0. The molecule has 4 nitrogen and oxygen atoms in total. The van der Waals surface area contributed by atoms with Crippen LogP contribution in [0.1, 0.15) is 32.8 Å². The number of hydrogen-bond donors (Lipinski definition) is 0. The Morgan fingerprint density at radius 2 is 1.70 bits per heavy atom. The number of benzene rings is 2. The summed E-state index contributed by atoms with van der Waals surface area (Å²) in [7, 11) is 1.46. The summed E-state index contributed by atoms with van der Waals surface area (Å²) < 4.78 is 5.20. The molecule has 0 saturated carbocycles. The molecule has 23 heavy (non-hydrogen) atoms. The first-order valence-corrected chi connectivity index (χ1v) is 7.73. The first-order valence-electron chi connectivity index (χ1n) is 7.73. The lowest BCUT2D eigenvalue weighted by Gasteiger charge is -2.23. The zero-order valence-electron chi connectivity index (χ0n) is 14.1. The zero-order chi connectivity index (χ0) is 17.0. The quantitative estimate of drug-likeness (QED) is 0.854. The van der Waals surface area contributed by atoms with Gasteiger partial charge in [0.2, 0.25) is 5.91 Å². The summed E-state index contributed by atoms with van der Waals surface area (Å²) in [6.07, 6.45) is 0.256. The number of nitrogens with zero attached hydrogens (tertiary/aromatic N) is 1. The average Bonchev–Trinajstić information content (AvgIpc) is 2.50. The third-order valence-electron chi connectivity index (χ3n) is 3.48. The predicted molar refractivity (Wildman–Crippen MR) is 91.3 cm³/mol. The number of hydrogen-bond acceptors (Lipinski definition) is 3. The van der Waals surface area contributed by atoms with Gasteiger partial charge >= 0.3 is 6.09 Å². The van der Waals surface area contributed by atoms with Crippen molar-refractivity contribution in [3.63, 3.8) is 0 Å². The second-order valence-electron chi connectivity index (χ2n) is 6.61. The highest BCUT2D eigenvalue weighted by Gasteiger charge is 2.23. The van der Waals surface area contributed by atoms with Gasteiger partial charge in [-0.05, 0) is 43.5 Å². The van der Waals surface area contributed by atoms with E-state index >= 15 is 0 Å². The number of rotatable bonds is 3. The van der Waals surface area contributed by atoms with E-state index in [4.69, 9.17) is 4.74 Å². The molecule has 0 aromatic heterocycles.